The van der Waals surface area contributed by atoms with Gasteiger partial charge in [0.2, 0.25) is 0 Å². The molecule has 0 saturated heterocycles. The van der Waals surface area contributed by atoms with Crippen LogP contribution in [0.5, 0.6) is 0 Å². The molecular weight excluding hydrogens is 471 g/mol. The van der Waals surface area contributed by atoms with Gasteiger partial charge in [-0.3, -0.25) is 15.0 Å². The molecule has 0 bridgehead atoms. The summed E-state index contributed by atoms with van der Waals surface area (Å²) in [5.74, 6) is -2.50. The number of hydrogen-bond donors (Lipinski definition) is 3. The molecule has 0 saturated carbocycles. The maximum absolute atomic E-state index is 13.3. The smallest absolute Gasteiger partial charge is 0.435 e. The summed E-state index contributed by atoms with van der Waals surface area (Å²) in [6.45, 7) is 0. The summed E-state index contributed by atoms with van der Waals surface area (Å²) in [5, 5.41) is 5.60. The minimum absolute atomic E-state index is 0.0600. The number of nitrogens with one attached hydrogen (secondary N) is 3. The SMILES string of the molecule is COC(=O)NNC(=O)c1cccnc1NC(=O)c1cc(C(F)(F)F)nn1-c1ncccc1Cl. The quantitative estimate of drug-likeness (QED) is 0.484. The van der Waals surface area contributed by atoms with Crippen molar-refractivity contribution >= 4 is 35.3 Å². The maximum Gasteiger partial charge on any atom is 0.435 e. The van der Waals surface area contributed by atoms with Crippen LogP contribution in [0.4, 0.5) is 23.8 Å². The van der Waals surface area contributed by atoms with E-state index < -0.39 is 35.5 Å². The molecule has 15 heteroatoms. The van der Waals surface area contributed by atoms with Crippen LogP contribution in [-0.4, -0.2) is 44.8 Å². The summed E-state index contributed by atoms with van der Waals surface area (Å²) in [5.41, 5.74) is 1.81. The highest BCUT2D eigenvalue weighted by atomic mass is 35.5. The second kappa shape index (κ2) is 9.52. The number of alkyl halides is 3. The molecule has 0 radical (unpaired) electrons. The van der Waals surface area contributed by atoms with Crippen LogP contribution in [0, 0.1) is 0 Å². The summed E-state index contributed by atoms with van der Waals surface area (Å²) in [6, 6.07) is 5.92. The molecule has 0 aromatic carbocycles. The highest BCUT2D eigenvalue weighted by molar-refractivity contribution is 6.32. The van der Waals surface area contributed by atoms with Crippen molar-refractivity contribution in [3.05, 3.63) is 64.7 Å². The number of anilines is 1. The Morgan fingerprint density at radius 2 is 1.76 bits per heavy atom. The number of ether oxygens (including phenoxy) is 1. The first kappa shape index (κ1) is 23.5. The van der Waals surface area contributed by atoms with Crippen molar-refractivity contribution in [2.75, 3.05) is 12.4 Å². The monoisotopic (exact) mass is 483 g/mol. The third-order valence-corrected chi connectivity index (χ3v) is 4.21. The van der Waals surface area contributed by atoms with E-state index in [0.717, 1.165) is 7.11 Å². The fourth-order valence-corrected chi connectivity index (χ4v) is 2.66. The normalized spacial score (nSPS) is 10.9. The van der Waals surface area contributed by atoms with Gasteiger partial charge in [0.15, 0.2) is 11.5 Å². The van der Waals surface area contributed by atoms with E-state index in [1.165, 1.54) is 36.7 Å². The Hall–Kier alpha value is -4.20. The van der Waals surface area contributed by atoms with Gasteiger partial charge in [-0.05, 0) is 24.3 Å². The second-order valence-electron chi connectivity index (χ2n) is 6.06. The molecule has 0 spiro atoms. The molecule has 172 valence electrons. The number of hydrogen-bond acceptors (Lipinski definition) is 7. The zero-order chi connectivity index (χ0) is 24.2. The predicted molar refractivity (Wildman–Crippen MR) is 107 cm³/mol. The number of carbonyl (C=O) groups is 3. The van der Waals surface area contributed by atoms with E-state index in [4.69, 9.17) is 11.6 Å². The minimum Gasteiger partial charge on any atom is -0.452 e. The number of methoxy groups -OCH3 is 1. The van der Waals surface area contributed by atoms with Gasteiger partial charge in [0.05, 0.1) is 17.7 Å². The molecule has 3 N–H and O–H groups in total. The lowest BCUT2D eigenvalue weighted by Crippen LogP contribution is -2.41. The first-order chi connectivity index (χ1) is 15.6. The van der Waals surface area contributed by atoms with Crippen molar-refractivity contribution in [2.24, 2.45) is 0 Å². The number of aromatic nitrogens is 4. The molecule has 0 fully saturated rings. The average molecular weight is 484 g/mol. The van der Waals surface area contributed by atoms with Gasteiger partial charge in [-0.2, -0.15) is 18.3 Å². The summed E-state index contributed by atoms with van der Waals surface area (Å²) in [4.78, 5) is 44.0. The van der Waals surface area contributed by atoms with Crippen molar-refractivity contribution in [1.82, 2.24) is 30.6 Å². The lowest BCUT2D eigenvalue weighted by molar-refractivity contribution is -0.141. The third-order valence-electron chi connectivity index (χ3n) is 3.92. The molecule has 0 aliphatic carbocycles. The molecule has 3 aromatic rings. The molecular formula is C18H13ClF3N7O4. The standard InChI is InChI=1S/C18H13ClF3N7O4/c1-33-17(32)27-26-15(30)9-4-2-6-23-13(9)25-16(31)11-8-12(18(20,21)22)28-29(11)14-10(19)5-3-7-24-14/h2-8H,1H3,(H,26,30)(H,27,32)(H,23,25,31). The second-order valence-corrected chi connectivity index (χ2v) is 6.46. The number of carbonyl (C=O) groups excluding carboxylic acids is 3. The number of pyridine rings is 2. The van der Waals surface area contributed by atoms with E-state index in [9.17, 15) is 27.6 Å². The van der Waals surface area contributed by atoms with Gasteiger partial charge in [-0.25, -0.2) is 24.9 Å². The Kier molecular flexibility index (Phi) is 6.77. The number of rotatable bonds is 4. The Balaban J connectivity index is 1.96. The van der Waals surface area contributed by atoms with Gasteiger partial charge in [-0.1, -0.05) is 11.6 Å². The zero-order valence-corrected chi connectivity index (χ0v) is 17.2. The number of hydrazine groups is 1. The summed E-state index contributed by atoms with van der Waals surface area (Å²) in [7, 11) is 1.07. The Morgan fingerprint density at radius 3 is 2.42 bits per heavy atom. The number of halogens is 4. The van der Waals surface area contributed by atoms with Gasteiger partial charge in [0.1, 0.15) is 11.5 Å². The van der Waals surface area contributed by atoms with Crippen LogP contribution in [0.2, 0.25) is 5.02 Å². The van der Waals surface area contributed by atoms with Crippen LogP contribution in [0.15, 0.2) is 42.7 Å². The Morgan fingerprint density at radius 1 is 1.06 bits per heavy atom. The lowest BCUT2D eigenvalue weighted by atomic mass is 10.2. The highest BCUT2D eigenvalue weighted by Crippen LogP contribution is 2.30. The zero-order valence-electron chi connectivity index (χ0n) is 16.5. The first-order valence-electron chi connectivity index (χ1n) is 8.80. The fraction of sp³-hybridized carbons (Fsp3) is 0.111. The van der Waals surface area contributed by atoms with Crippen LogP contribution in [0.25, 0.3) is 5.82 Å². The van der Waals surface area contributed by atoms with Crippen LogP contribution >= 0.6 is 11.6 Å². The van der Waals surface area contributed by atoms with Crippen LogP contribution in [-0.2, 0) is 10.9 Å². The number of nitrogens with zero attached hydrogens (tertiary/aromatic N) is 4. The summed E-state index contributed by atoms with van der Waals surface area (Å²) >= 11 is 6.01. The molecule has 11 nitrogen and oxygen atoms in total. The van der Waals surface area contributed by atoms with Crippen LogP contribution in [0.3, 0.4) is 0 Å². The lowest BCUT2D eigenvalue weighted by Gasteiger charge is -2.11. The Bertz CT molecular complexity index is 1220. The topological polar surface area (TPSA) is 140 Å². The van der Waals surface area contributed by atoms with E-state index in [1.807, 2.05) is 10.9 Å². The van der Waals surface area contributed by atoms with Crippen molar-refractivity contribution in [1.29, 1.82) is 0 Å². The third kappa shape index (κ3) is 5.35. The fourth-order valence-electron chi connectivity index (χ4n) is 2.46. The molecule has 3 heterocycles. The van der Waals surface area contributed by atoms with E-state index in [2.05, 4.69) is 25.1 Å². The van der Waals surface area contributed by atoms with Crippen molar-refractivity contribution in [2.45, 2.75) is 6.18 Å². The maximum atomic E-state index is 13.3. The molecule has 3 amide bonds. The molecule has 3 rings (SSSR count). The van der Waals surface area contributed by atoms with Gasteiger partial charge in [-0.15, -0.1) is 0 Å². The highest BCUT2D eigenvalue weighted by Gasteiger charge is 2.36. The van der Waals surface area contributed by atoms with Crippen molar-refractivity contribution < 1.29 is 32.3 Å². The van der Waals surface area contributed by atoms with E-state index in [1.54, 1.807) is 0 Å². The minimum atomic E-state index is -4.86. The molecule has 0 aliphatic heterocycles. The molecule has 3 aromatic heterocycles. The largest absolute Gasteiger partial charge is 0.452 e. The number of amides is 3. The van der Waals surface area contributed by atoms with Crippen molar-refractivity contribution in [3.63, 3.8) is 0 Å². The van der Waals surface area contributed by atoms with E-state index >= 15 is 0 Å². The van der Waals surface area contributed by atoms with Gasteiger partial charge in [0, 0.05) is 18.5 Å². The average Bonchev–Trinajstić information content (AvgIpc) is 3.24. The Labute approximate surface area is 187 Å². The van der Waals surface area contributed by atoms with Gasteiger partial charge < -0.3 is 10.1 Å². The first-order valence-corrected chi connectivity index (χ1v) is 9.18. The van der Waals surface area contributed by atoms with Crippen LogP contribution < -0.4 is 16.2 Å². The van der Waals surface area contributed by atoms with Crippen LogP contribution in [0.1, 0.15) is 26.5 Å². The molecule has 33 heavy (non-hydrogen) atoms. The molecule has 0 atom stereocenters. The predicted octanol–water partition coefficient (Wildman–Crippen LogP) is 2.59. The summed E-state index contributed by atoms with van der Waals surface area (Å²) in [6.07, 6.45) is -3.34. The summed E-state index contributed by atoms with van der Waals surface area (Å²) < 4.78 is 44.7. The molecule has 0 unspecified atom stereocenters. The molecule has 0 aliphatic rings. The van der Waals surface area contributed by atoms with Gasteiger partial charge >= 0.3 is 12.3 Å². The van der Waals surface area contributed by atoms with E-state index in [-0.39, 0.29) is 22.2 Å². The van der Waals surface area contributed by atoms with E-state index in [0.29, 0.717) is 10.7 Å². The van der Waals surface area contributed by atoms with Gasteiger partial charge in [0.25, 0.3) is 11.8 Å². The van der Waals surface area contributed by atoms with Crippen molar-refractivity contribution in [3.8, 4) is 5.82 Å².